The molecule has 0 heterocycles. The summed E-state index contributed by atoms with van der Waals surface area (Å²) in [5.74, 6) is 0. The van der Waals surface area contributed by atoms with Gasteiger partial charge in [-0.3, -0.25) is 0 Å². The van der Waals surface area contributed by atoms with Crippen LogP contribution in [0.25, 0.3) is 10.8 Å². The monoisotopic (exact) mass is 237 g/mol. The first-order valence-corrected chi connectivity index (χ1v) is 6.61. The van der Waals surface area contributed by atoms with Gasteiger partial charge in [-0.05, 0) is 54.0 Å². The van der Waals surface area contributed by atoms with E-state index in [1.54, 1.807) is 0 Å². The summed E-state index contributed by atoms with van der Waals surface area (Å²) in [6.07, 6.45) is 2.58. The molecule has 92 valence electrons. The van der Waals surface area contributed by atoms with Crippen LogP contribution in [0.15, 0.2) is 30.3 Å². The number of fused-ring (bicyclic) bond motifs is 1. The molecule has 1 N–H and O–H groups in total. The predicted octanol–water partition coefficient (Wildman–Crippen LogP) is 4.59. The van der Waals surface area contributed by atoms with Crippen molar-refractivity contribution in [3.63, 3.8) is 0 Å². The molecule has 0 amide bonds. The van der Waals surface area contributed by atoms with Gasteiger partial charge in [0.2, 0.25) is 0 Å². The van der Waals surface area contributed by atoms with E-state index in [1.165, 1.54) is 34.7 Å². The van der Waals surface area contributed by atoms with E-state index in [9.17, 15) is 0 Å². The van der Waals surface area contributed by atoms with Crippen LogP contribution in [0, 0.1) is 12.3 Å². The number of hydrogen-bond donors (Lipinski definition) is 1. The smallest absolute Gasteiger partial charge is 0.0361 e. The van der Waals surface area contributed by atoms with E-state index < -0.39 is 0 Å². The number of rotatable bonds is 2. The van der Waals surface area contributed by atoms with E-state index in [4.69, 9.17) is 5.41 Å². The number of hydrogen-bond acceptors (Lipinski definition) is 1. The van der Waals surface area contributed by atoms with Crippen LogP contribution in [0.1, 0.15) is 43.4 Å². The lowest BCUT2D eigenvalue weighted by molar-refractivity contribution is 0.796. The maximum Gasteiger partial charge on any atom is 0.0361 e. The Kier molecular flexibility index (Phi) is 2.34. The van der Waals surface area contributed by atoms with Gasteiger partial charge in [0.25, 0.3) is 0 Å². The van der Waals surface area contributed by atoms with Crippen LogP contribution in [0.2, 0.25) is 0 Å². The molecular weight excluding hydrogens is 218 g/mol. The quantitative estimate of drug-likeness (QED) is 0.739. The minimum Gasteiger partial charge on any atom is -0.305 e. The molecule has 1 saturated carbocycles. The van der Waals surface area contributed by atoms with E-state index >= 15 is 0 Å². The van der Waals surface area contributed by atoms with Crippen molar-refractivity contribution in [2.75, 3.05) is 0 Å². The van der Waals surface area contributed by atoms with E-state index in [0.29, 0.717) is 11.1 Å². The molecule has 1 aliphatic carbocycles. The lowest BCUT2D eigenvalue weighted by atomic mass is 9.88. The van der Waals surface area contributed by atoms with E-state index in [1.807, 2.05) is 6.92 Å². The molecule has 0 unspecified atom stereocenters. The van der Waals surface area contributed by atoms with Crippen LogP contribution < -0.4 is 0 Å². The molecule has 0 bridgehead atoms. The van der Waals surface area contributed by atoms with Crippen molar-refractivity contribution in [2.24, 2.45) is 0 Å². The lowest BCUT2D eigenvalue weighted by Gasteiger charge is -2.16. The highest BCUT2D eigenvalue weighted by Crippen LogP contribution is 2.50. The maximum absolute atomic E-state index is 7.96. The minimum absolute atomic E-state index is 0.376. The molecule has 0 radical (unpaired) electrons. The molecule has 0 saturated heterocycles. The third kappa shape index (κ3) is 1.58. The molecule has 1 nitrogen and oxygen atoms in total. The fourth-order valence-electron chi connectivity index (χ4n) is 2.88. The van der Waals surface area contributed by atoms with Crippen LogP contribution >= 0.6 is 0 Å². The van der Waals surface area contributed by atoms with Gasteiger partial charge in [-0.1, -0.05) is 37.3 Å². The molecule has 0 atom stereocenters. The van der Waals surface area contributed by atoms with Crippen molar-refractivity contribution in [3.8, 4) is 0 Å². The summed E-state index contributed by atoms with van der Waals surface area (Å²) in [5.41, 5.74) is 4.85. The van der Waals surface area contributed by atoms with Crippen LogP contribution in [-0.2, 0) is 5.41 Å². The van der Waals surface area contributed by atoms with Crippen molar-refractivity contribution in [3.05, 3.63) is 47.0 Å². The third-order valence-electron chi connectivity index (χ3n) is 4.30. The van der Waals surface area contributed by atoms with Gasteiger partial charge in [0, 0.05) is 11.3 Å². The summed E-state index contributed by atoms with van der Waals surface area (Å²) < 4.78 is 0. The van der Waals surface area contributed by atoms with E-state index in [2.05, 4.69) is 44.2 Å². The zero-order valence-electron chi connectivity index (χ0n) is 11.3. The Labute approximate surface area is 108 Å². The second-order valence-corrected chi connectivity index (χ2v) is 5.84. The van der Waals surface area contributed by atoms with E-state index in [0.717, 1.165) is 5.56 Å². The SMILES string of the molecule is CC(=N)c1cccc2c(C3(C)CC3)ccc(C)c12. The summed E-state index contributed by atoms with van der Waals surface area (Å²) in [6.45, 7) is 6.37. The largest absolute Gasteiger partial charge is 0.305 e. The normalized spacial score (nSPS) is 16.8. The highest BCUT2D eigenvalue weighted by atomic mass is 14.4. The zero-order valence-corrected chi connectivity index (χ0v) is 11.3. The van der Waals surface area contributed by atoms with Gasteiger partial charge in [0.1, 0.15) is 0 Å². The number of aryl methyl sites for hydroxylation is 1. The molecule has 2 aromatic rings. The van der Waals surface area contributed by atoms with Crippen molar-refractivity contribution in [1.29, 1.82) is 5.41 Å². The lowest BCUT2D eigenvalue weighted by Crippen LogP contribution is -2.03. The Hall–Kier alpha value is -1.63. The van der Waals surface area contributed by atoms with Gasteiger partial charge >= 0.3 is 0 Å². The molecule has 0 aromatic heterocycles. The second-order valence-electron chi connectivity index (χ2n) is 5.84. The Morgan fingerprint density at radius 1 is 1.17 bits per heavy atom. The number of nitrogens with one attached hydrogen (secondary N) is 1. The zero-order chi connectivity index (χ0) is 12.9. The molecule has 2 aromatic carbocycles. The Balaban J connectivity index is 2.40. The van der Waals surface area contributed by atoms with Gasteiger partial charge in [-0.15, -0.1) is 0 Å². The first-order valence-electron chi connectivity index (χ1n) is 6.61. The van der Waals surface area contributed by atoms with Gasteiger partial charge < -0.3 is 5.41 Å². The van der Waals surface area contributed by atoms with Crippen molar-refractivity contribution < 1.29 is 0 Å². The van der Waals surface area contributed by atoms with Crippen LogP contribution in [0.3, 0.4) is 0 Å². The Bertz CT molecular complexity index is 648. The topological polar surface area (TPSA) is 23.9 Å². The van der Waals surface area contributed by atoms with Crippen LogP contribution in [0.4, 0.5) is 0 Å². The maximum atomic E-state index is 7.96. The molecule has 1 fully saturated rings. The van der Waals surface area contributed by atoms with Crippen LogP contribution in [0.5, 0.6) is 0 Å². The fraction of sp³-hybridized carbons (Fsp3) is 0.353. The van der Waals surface area contributed by atoms with Gasteiger partial charge in [-0.2, -0.15) is 0 Å². The van der Waals surface area contributed by atoms with Gasteiger partial charge in [0.15, 0.2) is 0 Å². The molecular formula is C17H19N. The molecule has 1 heteroatoms. The molecule has 18 heavy (non-hydrogen) atoms. The summed E-state index contributed by atoms with van der Waals surface area (Å²) >= 11 is 0. The average Bonchev–Trinajstić information content (AvgIpc) is 3.08. The van der Waals surface area contributed by atoms with Crippen molar-refractivity contribution >= 4 is 16.5 Å². The fourth-order valence-corrected chi connectivity index (χ4v) is 2.88. The molecule has 0 aliphatic heterocycles. The first kappa shape index (κ1) is 11.5. The number of benzene rings is 2. The minimum atomic E-state index is 0.376. The standard InChI is InChI=1S/C17H19N/c1-11-7-8-15(17(3)9-10-17)14-6-4-5-13(12(2)18)16(11)14/h4-8,18H,9-10H2,1-3H3. The van der Waals surface area contributed by atoms with Gasteiger partial charge in [0.05, 0.1) is 0 Å². The third-order valence-corrected chi connectivity index (χ3v) is 4.30. The van der Waals surface area contributed by atoms with Crippen molar-refractivity contribution in [2.45, 2.75) is 39.0 Å². The summed E-state index contributed by atoms with van der Waals surface area (Å²) in [4.78, 5) is 0. The van der Waals surface area contributed by atoms with E-state index in [-0.39, 0.29) is 0 Å². The first-order chi connectivity index (χ1) is 8.53. The van der Waals surface area contributed by atoms with Crippen LogP contribution in [-0.4, -0.2) is 5.71 Å². The van der Waals surface area contributed by atoms with Crippen molar-refractivity contribution in [1.82, 2.24) is 0 Å². The molecule has 0 spiro atoms. The highest BCUT2D eigenvalue weighted by molar-refractivity contribution is 6.10. The highest BCUT2D eigenvalue weighted by Gasteiger charge is 2.40. The summed E-state index contributed by atoms with van der Waals surface area (Å²) in [7, 11) is 0. The average molecular weight is 237 g/mol. The second kappa shape index (κ2) is 3.68. The Morgan fingerprint density at radius 3 is 2.50 bits per heavy atom. The molecule has 3 rings (SSSR count). The molecule has 1 aliphatic rings. The predicted molar refractivity (Wildman–Crippen MR) is 77.8 cm³/mol. The van der Waals surface area contributed by atoms with Gasteiger partial charge in [-0.25, -0.2) is 0 Å². The summed E-state index contributed by atoms with van der Waals surface area (Å²) in [5, 5.41) is 10.6. The summed E-state index contributed by atoms with van der Waals surface area (Å²) in [6, 6.07) is 10.9. The Morgan fingerprint density at radius 2 is 1.89 bits per heavy atom.